The Morgan fingerprint density at radius 1 is 1.36 bits per heavy atom. The maximum atomic E-state index is 12.9. The van der Waals surface area contributed by atoms with Crippen LogP contribution in [0.4, 0.5) is 0 Å². The minimum Gasteiger partial charge on any atom is -0.328 e. The summed E-state index contributed by atoms with van der Waals surface area (Å²) >= 11 is 1.39. The molecule has 6 heteroatoms. The van der Waals surface area contributed by atoms with Crippen molar-refractivity contribution in [1.82, 2.24) is 19.9 Å². The Bertz CT molecular complexity index is 695. The molecule has 114 valence electrons. The number of rotatable bonds is 4. The van der Waals surface area contributed by atoms with Gasteiger partial charge in [0.15, 0.2) is 10.8 Å². The zero-order valence-electron chi connectivity index (χ0n) is 12.7. The van der Waals surface area contributed by atoms with Gasteiger partial charge < -0.3 is 4.90 Å². The highest BCUT2D eigenvalue weighted by Gasteiger charge is 2.28. The van der Waals surface area contributed by atoms with Crippen LogP contribution in [0.15, 0.2) is 30.6 Å². The molecule has 3 rings (SSSR count). The monoisotopic (exact) mass is 314 g/mol. The molecule has 0 saturated carbocycles. The van der Waals surface area contributed by atoms with Crippen molar-refractivity contribution in [1.29, 1.82) is 0 Å². The number of carbonyl (C=O) groups is 1. The number of thiazole rings is 1. The molecule has 5 nitrogen and oxygen atoms in total. The molecule has 0 N–H and O–H groups in total. The molecule has 2 aromatic heterocycles. The number of amides is 1. The highest BCUT2D eigenvalue weighted by Crippen LogP contribution is 2.28. The summed E-state index contributed by atoms with van der Waals surface area (Å²) in [5.74, 6) is 0.640. The summed E-state index contributed by atoms with van der Waals surface area (Å²) in [6.45, 7) is 4.79. The molecular weight excluding hydrogens is 296 g/mol. The molecule has 22 heavy (non-hydrogen) atoms. The highest BCUT2D eigenvalue weighted by atomic mass is 32.1. The Kier molecular flexibility index (Phi) is 4.29. The van der Waals surface area contributed by atoms with Crippen LogP contribution in [0.2, 0.25) is 0 Å². The predicted molar refractivity (Wildman–Crippen MR) is 86.8 cm³/mol. The number of carbonyl (C=O) groups excluding carboxylic acids is 1. The topological polar surface area (TPSA) is 59.0 Å². The Hall–Kier alpha value is -2.08. The van der Waals surface area contributed by atoms with E-state index in [0.717, 1.165) is 18.5 Å². The molecule has 2 aromatic rings. The van der Waals surface area contributed by atoms with Crippen molar-refractivity contribution in [3.05, 3.63) is 41.2 Å². The van der Waals surface area contributed by atoms with Crippen molar-refractivity contribution in [2.45, 2.75) is 32.7 Å². The van der Waals surface area contributed by atoms with E-state index in [2.05, 4.69) is 34.0 Å². The maximum Gasteiger partial charge on any atom is 0.266 e. The molecule has 0 aromatic carbocycles. The first-order chi connectivity index (χ1) is 10.7. The third-order valence-corrected chi connectivity index (χ3v) is 4.80. The number of nitrogens with zero attached hydrogens (tertiary/aromatic N) is 4. The third-order valence-electron chi connectivity index (χ3n) is 3.72. The summed E-state index contributed by atoms with van der Waals surface area (Å²) in [5.41, 5.74) is 0.833. The van der Waals surface area contributed by atoms with Gasteiger partial charge in [-0.2, -0.15) is 0 Å². The van der Waals surface area contributed by atoms with Gasteiger partial charge in [0.25, 0.3) is 5.91 Å². The van der Waals surface area contributed by atoms with Crippen molar-refractivity contribution in [3.8, 4) is 10.8 Å². The van der Waals surface area contributed by atoms with Crippen LogP contribution in [0, 0.1) is 0 Å². The van der Waals surface area contributed by atoms with Crippen LogP contribution in [0.5, 0.6) is 0 Å². The lowest BCUT2D eigenvalue weighted by Gasteiger charge is -2.23. The number of hydrogen-bond acceptors (Lipinski definition) is 5. The molecule has 1 amide bonds. The van der Waals surface area contributed by atoms with Gasteiger partial charge in [0.1, 0.15) is 4.88 Å². The second-order valence-electron chi connectivity index (χ2n) is 5.08. The molecule has 0 saturated heterocycles. The lowest BCUT2D eigenvalue weighted by atomic mass is 10.2. The van der Waals surface area contributed by atoms with Crippen molar-refractivity contribution in [3.63, 3.8) is 0 Å². The summed E-state index contributed by atoms with van der Waals surface area (Å²) in [7, 11) is 0. The van der Waals surface area contributed by atoms with Crippen molar-refractivity contribution < 1.29 is 4.79 Å². The van der Waals surface area contributed by atoms with Gasteiger partial charge in [-0.25, -0.2) is 15.0 Å². The normalized spacial score (nSPS) is 17.2. The van der Waals surface area contributed by atoms with Gasteiger partial charge in [-0.05, 0) is 18.9 Å². The molecule has 0 spiro atoms. The Labute approximate surface area is 133 Å². The summed E-state index contributed by atoms with van der Waals surface area (Å²) in [6, 6.07) is 1.96. The Balaban J connectivity index is 1.93. The van der Waals surface area contributed by atoms with E-state index in [1.165, 1.54) is 11.3 Å². The van der Waals surface area contributed by atoms with E-state index in [1.54, 1.807) is 18.5 Å². The number of hydrogen-bond donors (Lipinski definition) is 0. The fourth-order valence-corrected chi connectivity index (χ4v) is 3.61. The van der Waals surface area contributed by atoms with Crippen LogP contribution in [0.1, 0.15) is 35.6 Å². The van der Waals surface area contributed by atoms with Gasteiger partial charge in [-0.3, -0.25) is 4.79 Å². The fraction of sp³-hybridized carbons (Fsp3) is 0.375. The van der Waals surface area contributed by atoms with Crippen LogP contribution >= 0.6 is 11.3 Å². The maximum absolute atomic E-state index is 12.9. The molecule has 3 heterocycles. The Morgan fingerprint density at radius 3 is 2.82 bits per heavy atom. The molecule has 0 fully saturated rings. The van der Waals surface area contributed by atoms with Gasteiger partial charge in [-0.1, -0.05) is 26.0 Å². The molecule has 1 aliphatic heterocycles. The van der Waals surface area contributed by atoms with Gasteiger partial charge >= 0.3 is 0 Å². The number of aromatic nitrogens is 3. The van der Waals surface area contributed by atoms with E-state index < -0.39 is 0 Å². The minimum atomic E-state index is 0.0633. The third kappa shape index (κ3) is 2.66. The first-order valence-corrected chi connectivity index (χ1v) is 8.31. The molecule has 0 radical (unpaired) electrons. The molecular formula is C16H18N4OS. The largest absolute Gasteiger partial charge is 0.328 e. The average molecular weight is 314 g/mol. The summed E-state index contributed by atoms with van der Waals surface area (Å²) in [6.07, 6.45) is 9.19. The van der Waals surface area contributed by atoms with Crippen molar-refractivity contribution >= 4 is 17.2 Å². The molecule has 1 unspecified atom stereocenters. The van der Waals surface area contributed by atoms with E-state index in [1.807, 2.05) is 11.8 Å². The average Bonchev–Trinajstić information content (AvgIpc) is 3.21. The van der Waals surface area contributed by atoms with Gasteiger partial charge in [0.2, 0.25) is 0 Å². The first-order valence-electron chi connectivity index (χ1n) is 7.49. The zero-order chi connectivity index (χ0) is 15.5. The SMILES string of the molecule is CCc1nc(-c2ncccn2)sc1C(=O)N1CC=CC1CC. The van der Waals surface area contributed by atoms with Gasteiger partial charge in [-0.15, -0.1) is 11.3 Å². The fourth-order valence-electron chi connectivity index (χ4n) is 2.55. The summed E-state index contributed by atoms with van der Waals surface area (Å²) < 4.78 is 0. The highest BCUT2D eigenvalue weighted by molar-refractivity contribution is 7.17. The van der Waals surface area contributed by atoms with Crippen LogP contribution in [0.25, 0.3) is 10.8 Å². The second-order valence-corrected chi connectivity index (χ2v) is 6.08. The van der Waals surface area contributed by atoms with Crippen LogP contribution in [-0.4, -0.2) is 38.3 Å². The van der Waals surface area contributed by atoms with E-state index >= 15 is 0 Å². The van der Waals surface area contributed by atoms with E-state index in [9.17, 15) is 4.79 Å². The Morgan fingerprint density at radius 2 is 2.14 bits per heavy atom. The van der Waals surface area contributed by atoms with Crippen molar-refractivity contribution in [2.24, 2.45) is 0 Å². The first kappa shape index (κ1) is 14.8. The van der Waals surface area contributed by atoms with Crippen LogP contribution < -0.4 is 0 Å². The van der Waals surface area contributed by atoms with E-state index in [4.69, 9.17) is 0 Å². The van der Waals surface area contributed by atoms with E-state index in [-0.39, 0.29) is 11.9 Å². The smallest absolute Gasteiger partial charge is 0.266 e. The van der Waals surface area contributed by atoms with Gasteiger partial charge in [0, 0.05) is 18.9 Å². The molecule has 0 aliphatic carbocycles. The lowest BCUT2D eigenvalue weighted by Crippen LogP contribution is -2.35. The standard InChI is InChI=1S/C16H18N4OS/c1-3-11-7-5-10-20(11)16(21)13-12(4-2)19-15(22-13)14-17-8-6-9-18-14/h5-9,11H,3-4,10H2,1-2H3. The van der Waals surface area contributed by atoms with Crippen LogP contribution in [-0.2, 0) is 6.42 Å². The van der Waals surface area contributed by atoms with Crippen LogP contribution in [0.3, 0.4) is 0 Å². The zero-order valence-corrected chi connectivity index (χ0v) is 13.5. The number of aryl methyl sites for hydroxylation is 1. The summed E-state index contributed by atoms with van der Waals surface area (Å²) in [5, 5.41) is 0.709. The van der Waals surface area contributed by atoms with E-state index in [0.29, 0.717) is 22.3 Å². The molecule has 1 aliphatic rings. The summed E-state index contributed by atoms with van der Waals surface area (Å²) in [4.78, 5) is 28.5. The predicted octanol–water partition coefficient (Wildman–Crippen LogP) is 2.95. The molecule has 1 atom stereocenters. The molecule has 0 bridgehead atoms. The van der Waals surface area contributed by atoms with Crippen molar-refractivity contribution in [2.75, 3.05) is 6.54 Å². The van der Waals surface area contributed by atoms with Gasteiger partial charge in [0.05, 0.1) is 11.7 Å². The minimum absolute atomic E-state index is 0.0633. The second kappa shape index (κ2) is 6.36. The quantitative estimate of drug-likeness (QED) is 0.814. The lowest BCUT2D eigenvalue weighted by molar-refractivity contribution is 0.0751.